The lowest BCUT2D eigenvalue weighted by Gasteiger charge is -2.05. The summed E-state index contributed by atoms with van der Waals surface area (Å²) in [6.45, 7) is 0.426. The monoisotopic (exact) mass is 259 g/mol. The molecule has 0 aromatic heterocycles. The van der Waals surface area contributed by atoms with Gasteiger partial charge in [-0.2, -0.15) is 0 Å². The van der Waals surface area contributed by atoms with Crippen LogP contribution in [0.5, 0.6) is 0 Å². The highest BCUT2D eigenvalue weighted by Gasteiger charge is 2.01. The molecule has 2 aromatic rings. The van der Waals surface area contributed by atoms with Crippen LogP contribution < -0.4 is 0 Å². The molecular formula is C15H14ClNO. The van der Waals surface area contributed by atoms with Gasteiger partial charge < -0.3 is 5.21 Å². The normalized spacial score (nSPS) is 11.5. The zero-order valence-electron chi connectivity index (χ0n) is 9.92. The first kappa shape index (κ1) is 12.7. The van der Waals surface area contributed by atoms with Crippen LogP contribution in [0, 0.1) is 5.21 Å². The molecule has 0 N–H and O–H groups in total. The Labute approximate surface area is 112 Å². The van der Waals surface area contributed by atoms with Gasteiger partial charge in [0, 0.05) is 6.42 Å². The number of halogens is 1. The van der Waals surface area contributed by atoms with Crippen LogP contribution in [0.25, 0.3) is 0 Å². The fourth-order valence-electron chi connectivity index (χ4n) is 1.68. The van der Waals surface area contributed by atoms with Crippen molar-refractivity contribution in [1.82, 2.24) is 0 Å². The third-order valence-electron chi connectivity index (χ3n) is 2.65. The molecule has 2 rings (SSSR count). The molecule has 3 heteroatoms. The van der Waals surface area contributed by atoms with Crippen LogP contribution in [0.4, 0.5) is 0 Å². The van der Waals surface area contributed by atoms with Gasteiger partial charge in [0.25, 0.3) is 0 Å². The fourth-order valence-corrected chi connectivity index (χ4v) is 1.87. The molecule has 0 aliphatic heterocycles. The molecule has 2 nitrogen and oxygen atoms in total. The van der Waals surface area contributed by atoms with E-state index in [1.54, 1.807) is 6.07 Å². The Bertz CT molecular complexity index is 537. The van der Waals surface area contributed by atoms with Crippen LogP contribution in [-0.2, 0) is 6.42 Å². The maximum atomic E-state index is 11.7. The van der Waals surface area contributed by atoms with Crippen molar-refractivity contribution in [1.29, 1.82) is 0 Å². The second-order valence-electron chi connectivity index (χ2n) is 4.03. The second-order valence-corrected chi connectivity index (χ2v) is 4.43. The number of hydrogen-bond donors (Lipinski definition) is 0. The SMILES string of the molecule is [O-]/[N+](=C/c1ccccc1Cl)CCc1ccccc1. The zero-order valence-corrected chi connectivity index (χ0v) is 10.7. The lowest BCUT2D eigenvalue weighted by molar-refractivity contribution is -0.451. The van der Waals surface area contributed by atoms with E-state index in [1.165, 1.54) is 6.21 Å². The maximum Gasteiger partial charge on any atom is 0.183 e. The average Bonchev–Trinajstić information content (AvgIpc) is 2.40. The van der Waals surface area contributed by atoms with Crippen molar-refractivity contribution in [2.24, 2.45) is 0 Å². The van der Waals surface area contributed by atoms with Gasteiger partial charge in [-0.3, -0.25) is 0 Å². The Morgan fingerprint density at radius 3 is 2.39 bits per heavy atom. The molecule has 0 heterocycles. The minimum absolute atomic E-state index is 0.426. The quantitative estimate of drug-likeness (QED) is 0.357. The summed E-state index contributed by atoms with van der Waals surface area (Å²) >= 11 is 5.99. The summed E-state index contributed by atoms with van der Waals surface area (Å²) in [4.78, 5) is 0. The molecule has 0 aliphatic carbocycles. The third kappa shape index (κ3) is 3.60. The second kappa shape index (κ2) is 6.22. The predicted octanol–water partition coefficient (Wildman–Crippen LogP) is 3.51. The van der Waals surface area contributed by atoms with E-state index in [0.29, 0.717) is 11.6 Å². The highest BCUT2D eigenvalue weighted by molar-refractivity contribution is 6.32. The molecular weight excluding hydrogens is 246 g/mol. The summed E-state index contributed by atoms with van der Waals surface area (Å²) < 4.78 is 0.925. The van der Waals surface area contributed by atoms with E-state index in [1.807, 2.05) is 48.5 Å². The van der Waals surface area contributed by atoms with Crippen molar-refractivity contribution in [3.63, 3.8) is 0 Å². The first-order valence-corrected chi connectivity index (χ1v) is 6.20. The Morgan fingerprint density at radius 2 is 1.67 bits per heavy atom. The summed E-state index contributed by atoms with van der Waals surface area (Å²) in [6, 6.07) is 17.3. The first-order chi connectivity index (χ1) is 8.75. The molecule has 2 aromatic carbocycles. The van der Waals surface area contributed by atoms with Gasteiger partial charge in [-0.15, -0.1) is 0 Å². The highest BCUT2D eigenvalue weighted by Crippen LogP contribution is 2.12. The van der Waals surface area contributed by atoms with Crippen molar-refractivity contribution in [2.45, 2.75) is 6.42 Å². The van der Waals surface area contributed by atoms with E-state index < -0.39 is 0 Å². The van der Waals surface area contributed by atoms with Gasteiger partial charge in [0.2, 0.25) is 0 Å². The molecule has 0 fully saturated rings. The van der Waals surface area contributed by atoms with E-state index >= 15 is 0 Å². The molecule has 0 atom stereocenters. The maximum absolute atomic E-state index is 11.7. The van der Waals surface area contributed by atoms with Gasteiger partial charge >= 0.3 is 0 Å². The lowest BCUT2D eigenvalue weighted by atomic mass is 10.1. The molecule has 0 spiro atoms. The summed E-state index contributed by atoms with van der Waals surface area (Å²) in [5, 5.41) is 12.3. The Balaban J connectivity index is 2.00. The van der Waals surface area contributed by atoms with E-state index in [4.69, 9.17) is 11.6 Å². The summed E-state index contributed by atoms with van der Waals surface area (Å²) in [5.74, 6) is 0. The first-order valence-electron chi connectivity index (χ1n) is 5.83. The molecule has 0 aliphatic rings. The lowest BCUT2D eigenvalue weighted by Crippen LogP contribution is -2.10. The minimum Gasteiger partial charge on any atom is -0.624 e. The number of hydrogen-bond acceptors (Lipinski definition) is 1. The molecule has 0 radical (unpaired) electrons. The number of benzene rings is 2. The van der Waals surface area contributed by atoms with Gasteiger partial charge in [-0.05, 0) is 17.7 Å². The number of rotatable bonds is 4. The smallest absolute Gasteiger partial charge is 0.183 e. The molecule has 0 amide bonds. The summed E-state index contributed by atoms with van der Waals surface area (Å²) in [7, 11) is 0. The van der Waals surface area contributed by atoms with E-state index in [0.717, 1.165) is 22.3 Å². The van der Waals surface area contributed by atoms with Crippen molar-refractivity contribution >= 4 is 17.8 Å². The van der Waals surface area contributed by atoms with Gasteiger partial charge in [-0.1, -0.05) is 54.1 Å². The molecule has 0 unspecified atom stereocenters. The van der Waals surface area contributed by atoms with Crippen molar-refractivity contribution < 1.29 is 4.74 Å². The average molecular weight is 260 g/mol. The molecule has 0 saturated carbocycles. The Hall–Kier alpha value is -1.80. The van der Waals surface area contributed by atoms with Crippen molar-refractivity contribution in [3.05, 3.63) is 76.0 Å². The van der Waals surface area contributed by atoms with Gasteiger partial charge in [0.15, 0.2) is 12.8 Å². The molecule has 18 heavy (non-hydrogen) atoms. The number of hydroxylamine groups is 1. The van der Waals surface area contributed by atoms with Gasteiger partial charge in [0.1, 0.15) is 0 Å². The van der Waals surface area contributed by atoms with Crippen LogP contribution in [0.1, 0.15) is 11.1 Å². The minimum atomic E-state index is 0.426. The molecule has 0 saturated heterocycles. The third-order valence-corrected chi connectivity index (χ3v) is 3.00. The van der Waals surface area contributed by atoms with E-state index in [-0.39, 0.29) is 0 Å². The molecule has 92 valence electrons. The van der Waals surface area contributed by atoms with Gasteiger partial charge in [-0.25, -0.2) is 4.74 Å². The Kier molecular flexibility index (Phi) is 4.37. The van der Waals surface area contributed by atoms with Crippen LogP contribution in [0.3, 0.4) is 0 Å². The zero-order chi connectivity index (χ0) is 12.8. The summed E-state index contributed by atoms with van der Waals surface area (Å²) in [5.41, 5.74) is 1.91. The summed E-state index contributed by atoms with van der Waals surface area (Å²) in [6.07, 6.45) is 2.26. The molecule has 0 bridgehead atoms. The van der Waals surface area contributed by atoms with Crippen LogP contribution in [-0.4, -0.2) is 17.5 Å². The van der Waals surface area contributed by atoms with Crippen molar-refractivity contribution in [2.75, 3.05) is 6.54 Å². The standard InChI is InChI=1S/C15H14ClNO/c16-15-9-5-4-8-14(15)12-17(18)11-10-13-6-2-1-3-7-13/h1-9,12H,10-11H2/b17-12+. The van der Waals surface area contributed by atoms with E-state index in [2.05, 4.69) is 0 Å². The topological polar surface area (TPSA) is 26.1 Å². The number of nitrogens with zero attached hydrogens (tertiary/aromatic N) is 1. The highest BCUT2D eigenvalue weighted by atomic mass is 35.5. The van der Waals surface area contributed by atoms with Crippen LogP contribution >= 0.6 is 11.6 Å². The van der Waals surface area contributed by atoms with Gasteiger partial charge in [0.05, 0.1) is 10.6 Å². The largest absolute Gasteiger partial charge is 0.624 e. The fraction of sp³-hybridized carbons (Fsp3) is 0.133. The van der Waals surface area contributed by atoms with E-state index in [9.17, 15) is 5.21 Å². The van der Waals surface area contributed by atoms with Crippen LogP contribution in [0.15, 0.2) is 54.6 Å². The predicted molar refractivity (Wildman–Crippen MR) is 75.3 cm³/mol. The van der Waals surface area contributed by atoms with Crippen LogP contribution in [0.2, 0.25) is 5.02 Å². The van der Waals surface area contributed by atoms with Crippen molar-refractivity contribution in [3.8, 4) is 0 Å². The Morgan fingerprint density at radius 1 is 1.00 bits per heavy atom.